The third kappa shape index (κ3) is 2.82. The third-order valence-corrected chi connectivity index (χ3v) is 2.32. The summed E-state index contributed by atoms with van der Waals surface area (Å²) in [6.07, 6.45) is 0.857. The molecular weight excluding hydrogens is 188 g/mol. The van der Waals surface area contributed by atoms with Crippen molar-refractivity contribution in [1.82, 2.24) is 0 Å². The van der Waals surface area contributed by atoms with Crippen molar-refractivity contribution in [3.63, 3.8) is 0 Å². The van der Waals surface area contributed by atoms with Crippen molar-refractivity contribution in [1.29, 1.82) is 0 Å². The summed E-state index contributed by atoms with van der Waals surface area (Å²) >= 11 is 0. The molecular formula is C13H18O2. The Labute approximate surface area is 91.3 Å². The average molecular weight is 206 g/mol. The van der Waals surface area contributed by atoms with Gasteiger partial charge in [0.15, 0.2) is 0 Å². The first-order valence-electron chi connectivity index (χ1n) is 5.31. The fourth-order valence-corrected chi connectivity index (χ4v) is 1.77. The van der Waals surface area contributed by atoms with E-state index in [0.717, 1.165) is 17.5 Å². The molecule has 0 saturated carbocycles. The molecule has 0 spiro atoms. The lowest BCUT2D eigenvalue weighted by Crippen LogP contribution is -2.10. The molecule has 0 heterocycles. The number of hydrogen-bond donors (Lipinski definition) is 0. The lowest BCUT2D eigenvalue weighted by molar-refractivity contribution is 0.0503. The van der Waals surface area contributed by atoms with Gasteiger partial charge in [-0.3, -0.25) is 0 Å². The highest BCUT2D eigenvalue weighted by molar-refractivity contribution is 5.92. The van der Waals surface area contributed by atoms with Gasteiger partial charge in [0.1, 0.15) is 0 Å². The van der Waals surface area contributed by atoms with Crippen molar-refractivity contribution in [2.24, 2.45) is 0 Å². The van der Waals surface area contributed by atoms with Crippen LogP contribution in [0.4, 0.5) is 0 Å². The molecule has 1 rings (SSSR count). The highest BCUT2D eigenvalue weighted by atomic mass is 16.5. The minimum absolute atomic E-state index is 0.202. The second-order valence-electron chi connectivity index (χ2n) is 3.91. The van der Waals surface area contributed by atoms with Crippen LogP contribution in [-0.4, -0.2) is 12.6 Å². The molecule has 0 aliphatic carbocycles. The second kappa shape index (κ2) is 4.96. The molecule has 2 nitrogen and oxygen atoms in total. The zero-order valence-electron chi connectivity index (χ0n) is 9.89. The number of carbonyl (C=O) groups is 1. The van der Waals surface area contributed by atoms with Gasteiger partial charge in [-0.15, -0.1) is 0 Å². The van der Waals surface area contributed by atoms with E-state index < -0.39 is 0 Å². The van der Waals surface area contributed by atoms with Crippen LogP contribution in [0, 0.1) is 20.8 Å². The Morgan fingerprint density at radius 1 is 1.20 bits per heavy atom. The van der Waals surface area contributed by atoms with Gasteiger partial charge < -0.3 is 4.74 Å². The SMILES string of the molecule is CCCOC(=O)c1c(C)cc(C)cc1C. The number of carbonyl (C=O) groups excluding carboxylic acids is 1. The van der Waals surface area contributed by atoms with Crippen LogP contribution in [0.1, 0.15) is 40.4 Å². The van der Waals surface area contributed by atoms with Crippen LogP contribution in [-0.2, 0) is 4.74 Å². The van der Waals surface area contributed by atoms with E-state index in [1.807, 2.05) is 39.8 Å². The summed E-state index contributed by atoms with van der Waals surface area (Å²) < 4.78 is 5.14. The summed E-state index contributed by atoms with van der Waals surface area (Å²) in [6.45, 7) is 8.40. The Balaban J connectivity index is 2.98. The van der Waals surface area contributed by atoms with Gasteiger partial charge in [0.25, 0.3) is 0 Å². The van der Waals surface area contributed by atoms with Crippen molar-refractivity contribution in [2.45, 2.75) is 34.1 Å². The maximum absolute atomic E-state index is 11.7. The molecule has 0 aliphatic rings. The molecule has 1 aromatic rings. The van der Waals surface area contributed by atoms with Crippen molar-refractivity contribution in [3.05, 3.63) is 34.4 Å². The van der Waals surface area contributed by atoms with E-state index in [-0.39, 0.29) is 5.97 Å². The summed E-state index contributed by atoms with van der Waals surface area (Å²) in [5.41, 5.74) is 3.88. The molecule has 1 aromatic carbocycles. The largest absolute Gasteiger partial charge is 0.462 e. The van der Waals surface area contributed by atoms with E-state index in [1.165, 1.54) is 5.56 Å². The van der Waals surface area contributed by atoms with Crippen molar-refractivity contribution in [3.8, 4) is 0 Å². The van der Waals surface area contributed by atoms with Crippen molar-refractivity contribution in [2.75, 3.05) is 6.61 Å². The normalized spacial score (nSPS) is 10.1. The first-order chi connectivity index (χ1) is 7.06. The van der Waals surface area contributed by atoms with Gasteiger partial charge in [0, 0.05) is 0 Å². The number of rotatable bonds is 3. The molecule has 0 bridgehead atoms. The summed E-state index contributed by atoms with van der Waals surface area (Å²) in [5, 5.41) is 0. The quantitative estimate of drug-likeness (QED) is 0.710. The number of esters is 1. The lowest BCUT2D eigenvalue weighted by Gasteiger charge is -2.10. The Kier molecular flexibility index (Phi) is 3.89. The lowest BCUT2D eigenvalue weighted by atomic mass is 10.00. The molecule has 2 heteroatoms. The Hall–Kier alpha value is -1.31. The molecule has 0 amide bonds. The zero-order valence-corrected chi connectivity index (χ0v) is 9.89. The van der Waals surface area contributed by atoms with Crippen molar-refractivity contribution < 1.29 is 9.53 Å². The molecule has 0 fully saturated rings. The standard InChI is InChI=1S/C13H18O2/c1-5-6-15-13(14)12-10(3)7-9(2)8-11(12)4/h7-8H,5-6H2,1-4H3. The van der Waals surface area contributed by atoms with Crippen LogP contribution in [0.25, 0.3) is 0 Å². The second-order valence-corrected chi connectivity index (χ2v) is 3.91. The van der Waals surface area contributed by atoms with E-state index in [0.29, 0.717) is 12.2 Å². The molecule has 0 atom stereocenters. The van der Waals surface area contributed by atoms with Gasteiger partial charge in [0.2, 0.25) is 0 Å². The summed E-state index contributed by atoms with van der Waals surface area (Å²) in [7, 11) is 0. The molecule has 0 N–H and O–H groups in total. The van der Waals surface area contributed by atoms with E-state index in [9.17, 15) is 4.79 Å². The maximum Gasteiger partial charge on any atom is 0.338 e. The Bertz CT molecular complexity index is 344. The minimum Gasteiger partial charge on any atom is -0.462 e. The fraction of sp³-hybridized carbons (Fsp3) is 0.462. The van der Waals surface area contributed by atoms with Gasteiger partial charge in [-0.05, 0) is 38.3 Å². The van der Waals surface area contributed by atoms with E-state index in [2.05, 4.69) is 0 Å². The summed E-state index contributed by atoms with van der Waals surface area (Å²) in [4.78, 5) is 11.7. The Morgan fingerprint density at radius 3 is 2.20 bits per heavy atom. The van der Waals surface area contributed by atoms with E-state index >= 15 is 0 Å². The minimum atomic E-state index is -0.202. The highest BCUT2D eigenvalue weighted by Gasteiger charge is 2.13. The topological polar surface area (TPSA) is 26.3 Å². The highest BCUT2D eigenvalue weighted by Crippen LogP contribution is 2.17. The number of ether oxygens (including phenoxy) is 1. The Morgan fingerprint density at radius 2 is 1.73 bits per heavy atom. The first-order valence-corrected chi connectivity index (χ1v) is 5.31. The number of aryl methyl sites for hydroxylation is 3. The monoisotopic (exact) mass is 206 g/mol. The number of benzene rings is 1. The molecule has 82 valence electrons. The van der Waals surface area contributed by atoms with Gasteiger partial charge in [-0.2, -0.15) is 0 Å². The predicted octanol–water partition coefficient (Wildman–Crippen LogP) is 3.18. The molecule has 0 aliphatic heterocycles. The van der Waals surface area contributed by atoms with Gasteiger partial charge in [-0.1, -0.05) is 24.6 Å². The third-order valence-electron chi connectivity index (χ3n) is 2.32. The first kappa shape index (κ1) is 11.8. The summed E-state index contributed by atoms with van der Waals surface area (Å²) in [6, 6.07) is 4.02. The van der Waals surface area contributed by atoms with Crippen molar-refractivity contribution >= 4 is 5.97 Å². The zero-order chi connectivity index (χ0) is 11.4. The van der Waals surface area contributed by atoms with E-state index in [4.69, 9.17) is 4.74 Å². The molecule has 0 unspecified atom stereocenters. The van der Waals surface area contributed by atoms with E-state index in [1.54, 1.807) is 0 Å². The molecule has 0 aromatic heterocycles. The maximum atomic E-state index is 11.7. The van der Waals surface area contributed by atoms with Gasteiger partial charge >= 0.3 is 5.97 Å². The molecule has 0 saturated heterocycles. The van der Waals surface area contributed by atoms with Gasteiger partial charge in [0.05, 0.1) is 12.2 Å². The average Bonchev–Trinajstić information content (AvgIpc) is 2.12. The number of hydrogen-bond acceptors (Lipinski definition) is 2. The fourth-order valence-electron chi connectivity index (χ4n) is 1.77. The van der Waals surface area contributed by atoms with Crippen LogP contribution in [0.2, 0.25) is 0 Å². The van der Waals surface area contributed by atoms with Gasteiger partial charge in [-0.25, -0.2) is 4.79 Å². The van der Waals surface area contributed by atoms with Crippen LogP contribution in [0.15, 0.2) is 12.1 Å². The molecule has 0 radical (unpaired) electrons. The van der Waals surface area contributed by atoms with Crippen LogP contribution in [0.3, 0.4) is 0 Å². The summed E-state index contributed by atoms with van der Waals surface area (Å²) in [5.74, 6) is -0.202. The van der Waals surface area contributed by atoms with Crippen LogP contribution in [0.5, 0.6) is 0 Å². The predicted molar refractivity (Wildman–Crippen MR) is 61.2 cm³/mol. The van der Waals surface area contributed by atoms with Crippen LogP contribution < -0.4 is 0 Å². The smallest absolute Gasteiger partial charge is 0.338 e. The molecule has 15 heavy (non-hydrogen) atoms. The van der Waals surface area contributed by atoms with Crippen LogP contribution >= 0.6 is 0 Å².